The topological polar surface area (TPSA) is 55.7 Å². The van der Waals surface area contributed by atoms with Crippen LogP contribution in [0.4, 0.5) is 4.20 Å². The van der Waals surface area contributed by atoms with Gasteiger partial charge in [-0.2, -0.15) is 9.19 Å². The van der Waals surface area contributed by atoms with Crippen LogP contribution in [0.3, 0.4) is 0 Å². The molecule has 1 unspecified atom stereocenters. The van der Waals surface area contributed by atoms with Crippen molar-refractivity contribution in [3.05, 3.63) is 9.93 Å². The summed E-state index contributed by atoms with van der Waals surface area (Å²) >= 11 is 10.2. The fourth-order valence-electron chi connectivity index (χ4n) is 0.473. The van der Waals surface area contributed by atoms with E-state index in [4.69, 9.17) is 23.2 Å². The Morgan fingerprint density at radius 1 is 1.69 bits per heavy atom. The van der Waals surface area contributed by atoms with Gasteiger partial charge in [0.05, 0.1) is 6.61 Å². The van der Waals surface area contributed by atoms with Gasteiger partial charge in [0.1, 0.15) is 4.49 Å². The van der Waals surface area contributed by atoms with Gasteiger partial charge >= 0.3 is 7.68 Å². The molecule has 0 N–H and O–H groups in total. The number of nitrogens with zero attached hydrogens (tertiary/aromatic N) is 1. The number of rotatable bonds is 4. The van der Waals surface area contributed by atoms with Crippen LogP contribution in [0, 0.1) is 0 Å². The highest BCUT2D eigenvalue weighted by molar-refractivity contribution is 7.58. The Kier molecular flexibility index (Phi) is 5.45. The maximum Gasteiger partial charge on any atom is 0.418 e. The third kappa shape index (κ3) is 4.03. The summed E-state index contributed by atoms with van der Waals surface area (Å²) in [7, 11) is -4.69. The first-order valence-corrected chi connectivity index (χ1v) is 5.30. The van der Waals surface area contributed by atoms with E-state index in [1.807, 2.05) is 0 Å². The van der Waals surface area contributed by atoms with Gasteiger partial charge in [0, 0.05) is 0 Å². The van der Waals surface area contributed by atoms with Crippen LogP contribution in [0.2, 0.25) is 0 Å². The van der Waals surface area contributed by atoms with E-state index in [1.54, 1.807) is 0 Å². The minimum Gasteiger partial charge on any atom is -0.301 e. The molecule has 0 saturated carbocycles. The van der Waals surface area contributed by atoms with E-state index in [9.17, 15) is 13.6 Å². The highest BCUT2D eigenvalue weighted by Gasteiger charge is 2.31. The van der Waals surface area contributed by atoms with E-state index in [0.717, 1.165) is 6.08 Å². The molecular weight excluding hydrogens is 243 g/mol. The first-order chi connectivity index (χ1) is 5.95. The Balaban J connectivity index is 5.09. The summed E-state index contributed by atoms with van der Waals surface area (Å²) in [5.74, 6) is 0. The SMILES string of the molecule is CCOP(=O)(F)C(N=C=O)=C(Cl)Cl. The minimum absolute atomic E-state index is 0.160. The Morgan fingerprint density at radius 3 is 2.54 bits per heavy atom. The normalized spacial score (nSPS) is 14.2. The van der Waals surface area contributed by atoms with Crippen molar-refractivity contribution in [1.82, 2.24) is 0 Å². The van der Waals surface area contributed by atoms with E-state index in [-0.39, 0.29) is 6.61 Å². The van der Waals surface area contributed by atoms with Crippen molar-refractivity contribution in [2.75, 3.05) is 6.61 Å². The lowest BCUT2D eigenvalue weighted by molar-refractivity contribution is 0.309. The van der Waals surface area contributed by atoms with E-state index in [0.29, 0.717) is 0 Å². The summed E-state index contributed by atoms with van der Waals surface area (Å²) in [5, 5.41) is 0. The van der Waals surface area contributed by atoms with Crippen LogP contribution in [-0.4, -0.2) is 12.7 Å². The molecule has 0 aliphatic rings. The average molecular weight is 248 g/mol. The molecule has 1 atom stereocenters. The average Bonchev–Trinajstić information content (AvgIpc) is 1.99. The summed E-state index contributed by atoms with van der Waals surface area (Å²) in [6.45, 7) is 1.25. The molecule has 0 aromatic carbocycles. The molecule has 0 saturated heterocycles. The number of hydrogen-bond acceptors (Lipinski definition) is 4. The quantitative estimate of drug-likeness (QED) is 0.436. The number of carbonyl (C=O) groups excluding carboxylic acids is 1. The van der Waals surface area contributed by atoms with Crippen molar-refractivity contribution in [3.8, 4) is 0 Å². The predicted molar refractivity (Wildman–Crippen MR) is 47.2 cm³/mol. The van der Waals surface area contributed by atoms with Gasteiger partial charge < -0.3 is 4.52 Å². The van der Waals surface area contributed by atoms with Crippen molar-refractivity contribution >= 4 is 37.0 Å². The van der Waals surface area contributed by atoms with Gasteiger partial charge in [-0.05, 0) is 6.92 Å². The zero-order chi connectivity index (χ0) is 10.5. The van der Waals surface area contributed by atoms with Crippen LogP contribution >= 0.6 is 30.9 Å². The summed E-state index contributed by atoms with van der Waals surface area (Å²) in [6, 6.07) is 0. The molecule has 0 amide bonds. The molecule has 0 bridgehead atoms. The first-order valence-electron chi connectivity index (χ1n) is 3.03. The first kappa shape index (κ1) is 12.8. The zero-order valence-corrected chi connectivity index (χ0v) is 8.87. The van der Waals surface area contributed by atoms with Crippen LogP contribution in [-0.2, 0) is 13.9 Å². The van der Waals surface area contributed by atoms with Crippen molar-refractivity contribution in [1.29, 1.82) is 0 Å². The summed E-state index contributed by atoms with van der Waals surface area (Å²) in [6.07, 6.45) is 0.970. The lowest BCUT2D eigenvalue weighted by atomic mass is 10.9. The van der Waals surface area contributed by atoms with Crippen LogP contribution in [0.15, 0.2) is 14.9 Å². The molecule has 13 heavy (non-hydrogen) atoms. The standard InChI is InChI=1S/C5H5Cl2FNO3P/c1-2-12-13(8,11)5(4(6)7)9-3-10/h2H2,1H3. The molecule has 0 radical (unpaired) electrons. The molecule has 0 aliphatic heterocycles. The Hall–Kier alpha value is -0.180. The van der Waals surface area contributed by atoms with Crippen LogP contribution in [0.5, 0.6) is 0 Å². The third-order valence-electron chi connectivity index (χ3n) is 0.869. The summed E-state index contributed by atoms with van der Waals surface area (Å²) in [5.41, 5.74) is -0.923. The molecule has 0 heterocycles. The molecule has 0 spiro atoms. The van der Waals surface area contributed by atoms with Gasteiger partial charge in [0.15, 0.2) is 5.44 Å². The largest absolute Gasteiger partial charge is 0.418 e. The van der Waals surface area contributed by atoms with Crippen molar-refractivity contribution in [3.63, 3.8) is 0 Å². The molecule has 0 aliphatic carbocycles. The van der Waals surface area contributed by atoms with Crippen LogP contribution < -0.4 is 0 Å². The second-order valence-electron chi connectivity index (χ2n) is 1.68. The molecule has 4 nitrogen and oxygen atoms in total. The molecule has 74 valence electrons. The van der Waals surface area contributed by atoms with E-state index < -0.39 is 17.6 Å². The lowest BCUT2D eigenvalue weighted by Gasteiger charge is -2.06. The molecule has 8 heteroatoms. The predicted octanol–water partition coefficient (Wildman–Crippen LogP) is 3.13. The van der Waals surface area contributed by atoms with Gasteiger partial charge in [-0.1, -0.05) is 23.2 Å². The molecule has 0 fully saturated rings. The molecular formula is C5H5Cl2FNO3P. The number of halogens is 3. The number of hydrogen-bond donors (Lipinski definition) is 0. The maximum atomic E-state index is 13.0. The highest BCUT2D eigenvalue weighted by Crippen LogP contribution is 2.59. The molecule has 0 aromatic rings. The maximum absolute atomic E-state index is 13.0. The fraction of sp³-hybridized carbons (Fsp3) is 0.400. The Morgan fingerprint density at radius 2 is 2.23 bits per heavy atom. The fourth-order valence-corrected chi connectivity index (χ4v) is 1.98. The van der Waals surface area contributed by atoms with Gasteiger partial charge in [-0.25, -0.2) is 9.36 Å². The Bertz CT molecular complexity index is 309. The minimum atomic E-state index is -4.69. The van der Waals surface area contributed by atoms with Crippen molar-refractivity contribution < 1.29 is 18.1 Å². The zero-order valence-electron chi connectivity index (χ0n) is 6.46. The summed E-state index contributed by atoms with van der Waals surface area (Å²) < 4.78 is 27.5. The van der Waals surface area contributed by atoms with Gasteiger partial charge in [-0.3, -0.25) is 0 Å². The van der Waals surface area contributed by atoms with Crippen LogP contribution in [0.1, 0.15) is 6.92 Å². The second-order valence-corrected chi connectivity index (χ2v) is 4.27. The molecule has 0 rings (SSSR count). The molecule has 0 aromatic heterocycles. The highest BCUT2D eigenvalue weighted by atomic mass is 35.5. The van der Waals surface area contributed by atoms with Crippen molar-refractivity contribution in [2.45, 2.75) is 6.92 Å². The van der Waals surface area contributed by atoms with Crippen LogP contribution in [0.25, 0.3) is 0 Å². The van der Waals surface area contributed by atoms with E-state index in [2.05, 4.69) is 9.52 Å². The van der Waals surface area contributed by atoms with E-state index >= 15 is 0 Å². The third-order valence-corrected chi connectivity index (χ3v) is 2.91. The Labute approximate surface area is 84.0 Å². The lowest BCUT2D eigenvalue weighted by Crippen LogP contribution is -1.87. The van der Waals surface area contributed by atoms with Gasteiger partial charge in [0.25, 0.3) is 0 Å². The second kappa shape index (κ2) is 5.53. The monoisotopic (exact) mass is 247 g/mol. The van der Waals surface area contributed by atoms with Crippen molar-refractivity contribution in [2.24, 2.45) is 4.99 Å². The number of aliphatic imine (C=N–C) groups is 1. The number of isocyanates is 1. The smallest absolute Gasteiger partial charge is 0.301 e. The van der Waals surface area contributed by atoms with Gasteiger partial charge in [0.2, 0.25) is 6.08 Å². The van der Waals surface area contributed by atoms with E-state index in [1.165, 1.54) is 6.92 Å². The van der Waals surface area contributed by atoms with Gasteiger partial charge in [-0.15, -0.1) is 0 Å². The summed E-state index contributed by atoms with van der Waals surface area (Å²) in [4.78, 5) is 12.5.